The van der Waals surface area contributed by atoms with Gasteiger partial charge in [0.25, 0.3) is 0 Å². The van der Waals surface area contributed by atoms with Crippen molar-refractivity contribution in [2.45, 2.75) is 30.4 Å². The fourth-order valence-electron chi connectivity index (χ4n) is 2.98. The SMILES string of the molecule is CC(C)C1Cc2ccccc2N(C)c2ccccc2S1=O. The third-order valence-electron chi connectivity index (χ3n) is 4.24. The second kappa shape index (κ2) is 5.64. The number of para-hydroxylation sites is 2. The molecule has 2 aromatic carbocycles. The van der Waals surface area contributed by atoms with Gasteiger partial charge in [0.1, 0.15) is 0 Å². The Morgan fingerprint density at radius 2 is 1.67 bits per heavy atom. The molecule has 110 valence electrons. The molecule has 0 saturated heterocycles. The van der Waals surface area contributed by atoms with Gasteiger partial charge in [0.2, 0.25) is 0 Å². The Morgan fingerprint density at radius 1 is 1.05 bits per heavy atom. The maximum Gasteiger partial charge on any atom is 0.0628 e. The van der Waals surface area contributed by atoms with Gasteiger partial charge in [-0.05, 0) is 36.1 Å². The van der Waals surface area contributed by atoms with E-state index in [2.05, 4.69) is 56.1 Å². The molecule has 3 rings (SSSR count). The number of fused-ring (bicyclic) bond motifs is 2. The summed E-state index contributed by atoms with van der Waals surface area (Å²) in [5.74, 6) is 0.385. The summed E-state index contributed by atoms with van der Waals surface area (Å²) in [5.41, 5.74) is 3.54. The number of hydrogen-bond acceptors (Lipinski definition) is 2. The van der Waals surface area contributed by atoms with Gasteiger partial charge in [-0.1, -0.05) is 44.2 Å². The van der Waals surface area contributed by atoms with Crippen LogP contribution in [0.25, 0.3) is 0 Å². The maximum absolute atomic E-state index is 13.1. The Labute approximate surface area is 129 Å². The Balaban J connectivity index is 2.23. The summed E-state index contributed by atoms with van der Waals surface area (Å²) in [6.45, 7) is 4.33. The van der Waals surface area contributed by atoms with Crippen LogP contribution in [0.1, 0.15) is 19.4 Å². The van der Waals surface area contributed by atoms with Crippen molar-refractivity contribution in [1.82, 2.24) is 0 Å². The smallest absolute Gasteiger partial charge is 0.0628 e. The number of benzene rings is 2. The molecule has 21 heavy (non-hydrogen) atoms. The van der Waals surface area contributed by atoms with Gasteiger partial charge in [0.05, 0.1) is 21.4 Å². The van der Waals surface area contributed by atoms with Crippen LogP contribution in [-0.4, -0.2) is 16.5 Å². The van der Waals surface area contributed by atoms with E-state index in [1.165, 1.54) is 11.3 Å². The zero-order valence-corrected chi connectivity index (χ0v) is 13.6. The summed E-state index contributed by atoms with van der Waals surface area (Å²) in [6, 6.07) is 16.5. The summed E-state index contributed by atoms with van der Waals surface area (Å²) in [6.07, 6.45) is 0.860. The molecule has 0 saturated carbocycles. The zero-order valence-electron chi connectivity index (χ0n) is 12.7. The van der Waals surface area contributed by atoms with Crippen LogP contribution in [0, 0.1) is 5.92 Å². The Hall–Kier alpha value is -1.61. The summed E-state index contributed by atoms with van der Waals surface area (Å²) in [4.78, 5) is 3.12. The molecule has 0 N–H and O–H groups in total. The topological polar surface area (TPSA) is 20.3 Å². The van der Waals surface area contributed by atoms with Crippen molar-refractivity contribution in [3.8, 4) is 0 Å². The molecular weight excluding hydrogens is 278 g/mol. The molecule has 2 nitrogen and oxygen atoms in total. The minimum atomic E-state index is -0.981. The summed E-state index contributed by atoms with van der Waals surface area (Å²) in [7, 11) is 1.08. The molecule has 0 spiro atoms. The lowest BCUT2D eigenvalue weighted by Gasteiger charge is -2.31. The van der Waals surface area contributed by atoms with Gasteiger partial charge in [-0.15, -0.1) is 0 Å². The fourth-order valence-corrected chi connectivity index (χ4v) is 4.76. The Bertz CT molecular complexity index is 680. The second-order valence-corrected chi connectivity index (χ2v) is 7.58. The predicted octanol–water partition coefficient (Wildman–Crippen LogP) is 4.14. The first-order valence-electron chi connectivity index (χ1n) is 7.41. The number of hydrogen-bond donors (Lipinski definition) is 0. The first kappa shape index (κ1) is 14.3. The number of nitrogens with zero attached hydrogens (tertiary/aromatic N) is 1. The van der Waals surface area contributed by atoms with E-state index in [4.69, 9.17) is 0 Å². The van der Waals surface area contributed by atoms with Gasteiger partial charge in [0, 0.05) is 18.0 Å². The molecule has 2 atom stereocenters. The highest BCUT2D eigenvalue weighted by Crippen LogP contribution is 2.37. The van der Waals surface area contributed by atoms with Gasteiger partial charge in [0.15, 0.2) is 0 Å². The van der Waals surface area contributed by atoms with Crippen molar-refractivity contribution in [3.05, 3.63) is 54.1 Å². The largest absolute Gasteiger partial charge is 0.343 e. The van der Waals surface area contributed by atoms with Gasteiger partial charge >= 0.3 is 0 Å². The van der Waals surface area contributed by atoms with E-state index in [0.717, 1.165) is 17.0 Å². The van der Waals surface area contributed by atoms with Crippen molar-refractivity contribution in [2.75, 3.05) is 11.9 Å². The van der Waals surface area contributed by atoms with E-state index < -0.39 is 10.8 Å². The van der Waals surface area contributed by atoms with Crippen molar-refractivity contribution in [3.63, 3.8) is 0 Å². The molecule has 0 fully saturated rings. The van der Waals surface area contributed by atoms with Crippen LogP contribution < -0.4 is 4.90 Å². The predicted molar refractivity (Wildman–Crippen MR) is 89.7 cm³/mol. The molecule has 0 radical (unpaired) electrons. The summed E-state index contributed by atoms with van der Waals surface area (Å²) in [5, 5.41) is 0.154. The van der Waals surface area contributed by atoms with E-state index in [9.17, 15) is 4.21 Å². The van der Waals surface area contributed by atoms with Crippen molar-refractivity contribution < 1.29 is 4.21 Å². The highest BCUT2D eigenvalue weighted by Gasteiger charge is 2.29. The van der Waals surface area contributed by atoms with Crippen molar-refractivity contribution in [2.24, 2.45) is 5.92 Å². The minimum absolute atomic E-state index is 0.154. The minimum Gasteiger partial charge on any atom is -0.343 e. The van der Waals surface area contributed by atoms with Gasteiger partial charge in [-0.2, -0.15) is 0 Å². The third-order valence-corrected chi connectivity index (χ3v) is 6.28. The van der Waals surface area contributed by atoms with Crippen LogP contribution in [0.5, 0.6) is 0 Å². The average Bonchev–Trinajstić information content (AvgIpc) is 2.50. The zero-order chi connectivity index (χ0) is 15.0. The van der Waals surface area contributed by atoms with Crippen LogP contribution >= 0.6 is 0 Å². The molecule has 2 aromatic rings. The van der Waals surface area contributed by atoms with Crippen molar-refractivity contribution >= 4 is 22.2 Å². The lowest BCUT2D eigenvalue weighted by Crippen LogP contribution is -2.29. The molecule has 0 aromatic heterocycles. The number of rotatable bonds is 1. The Morgan fingerprint density at radius 3 is 2.38 bits per heavy atom. The lowest BCUT2D eigenvalue weighted by atomic mass is 10.00. The first-order chi connectivity index (χ1) is 10.1. The molecule has 1 aliphatic heterocycles. The standard InChI is InChI=1S/C18H21NOS/c1-13(2)18-12-14-8-4-5-9-15(14)19(3)16-10-6-7-11-17(16)21(18)20/h4-11,13,18H,12H2,1-3H3. The number of anilines is 2. The molecule has 0 aliphatic carbocycles. The van der Waals surface area contributed by atoms with E-state index in [-0.39, 0.29) is 5.25 Å². The van der Waals surface area contributed by atoms with E-state index in [0.29, 0.717) is 5.92 Å². The lowest BCUT2D eigenvalue weighted by molar-refractivity contribution is 0.574. The van der Waals surface area contributed by atoms with E-state index in [1.54, 1.807) is 0 Å². The fraction of sp³-hybridized carbons (Fsp3) is 0.333. The highest BCUT2D eigenvalue weighted by atomic mass is 32.2. The maximum atomic E-state index is 13.1. The van der Waals surface area contributed by atoms with Crippen molar-refractivity contribution in [1.29, 1.82) is 0 Å². The molecule has 3 heteroatoms. The molecule has 1 aliphatic rings. The monoisotopic (exact) mass is 299 g/mol. The third kappa shape index (κ3) is 2.51. The van der Waals surface area contributed by atoms with Crippen LogP contribution in [0.3, 0.4) is 0 Å². The average molecular weight is 299 g/mol. The van der Waals surface area contributed by atoms with Crippen LogP contribution in [0.2, 0.25) is 0 Å². The molecule has 0 bridgehead atoms. The second-order valence-electron chi connectivity index (χ2n) is 5.94. The van der Waals surface area contributed by atoms with Gasteiger partial charge < -0.3 is 4.90 Å². The van der Waals surface area contributed by atoms with Gasteiger partial charge in [-0.3, -0.25) is 4.21 Å². The van der Waals surface area contributed by atoms with Crippen LogP contribution in [0.4, 0.5) is 11.4 Å². The summed E-state index contributed by atoms with van der Waals surface area (Å²) < 4.78 is 13.1. The normalized spacial score (nSPS) is 21.4. The molecular formula is C18H21NOS. The molecule has 0 amide bonds. The van der Waals surface area contributed by atoms with Crippen LogP contribution in [0.15, 0.2) is 53.4 Å². The summed E-state index contributed by atoms with van der Waals surface area (Å²) >= 11 is 0. The van der Waals surface area contributed by atoms with Gasteiger partial charge in [-0.25, -0.2) is 0 Å². The van der Waals surface area contributed by atoms with E-state index >= 15 is 0 Å². The molecule has 2 unspecified atom stereocenters. The molecule has 1 heterocycles. The Kier molecular flexibility index (Phi) is 3.85. The van der Waals surface area contributed by atoms with E-state index in [1.807, 2.05) is 18.2 Å². The first-order valence-corrected chi connectivity index (χ1v) is 8.62. The van der Waals surface area contributed by atoms with Crippen LogP contribution in [-0.2, 0) is 17.2 Å². The highest BCUT2D eigenvalue weighted by molar-refractivity contribution is 7.85. The quantitative estimate of drug-likeness (QED) is 0.788.